The Morgan fingerprint density at radius 2 is 1.38 bits per heavy atom. The van der Waals surface area contributed by atoms with Gasteiger partial charge in [-0.1, -0.05) is 0 Å². The summed E-state index contributed by atoms with van der Waals surface area (Å²) in [6, 6.07) is 9.07. The highest BCUT2D eigenvalue weighted by atomic mass is 19.1. The molecule has 2 aromatic rings. The van der Waals surface area contributed by atoms with Crippen LogP contribution in [0, 0.1) is 5.82 Å². The van der Waals surface area contributed by atoms with Crippen LogP contribution in [0.15, 0.2) is 36.4 Å². The van der Waals surface area contributed by atoms with Gasteiger partial charge in [-0.15, -0.1) is 0 Å². The zero-order valence-electron chi connectivity index (χ0n) is 19.7. The maximum Gasteiger partial charge on any atom is 0.238 e. The van der Waals surface area contributed by atoms with Gasteiger partial charge in [0.1, 0.15) is 5.82 Å². The predicted octanol–water partition coefficient (Wildman–Crippen LogP) is 2.44. The number of hydrogen-bond donors (Lipinski definition) is 2. The highest BCUT2D eigenvalue weighted by molar-refractivity contribution is 5.92. The van der Waals surface area contributed by atoms with Crippen molar-refractivity contribution < 1.29 is 28.2 Å². The molecule has 10 heteroatoms. The summed E-state index contributed by atoms with van der Waals surface area (Å²) in [7, 11) is 4.57. The van der Waals surface area contributed by atoms with E-state index in [2.05, 4.69) is 20.4 Å². The molecule has 1 aliphatic heterocycles. The summed E-state index contributed by atoms with van der Waals surface area (Å²) in [6.45, 7) is 3.87. The van der Waals surface area contributed by atoms with E-state index in [0.29, 0.717) is 41.6 Å². The van der Waals surface area contributed by atoms with Crippen molar-refractivity contribution in [1.82, 2.24) is 9.80 Å². The third-order valence-corrected chi connectivity index (χ3v) is 5.56. The van der Waals surface area contributed by atoms with Crippen LogP contribution < -0.4 is 24.8 Å². The van der Waals surface area contributed by atoms with Crippen LogP contribution in [0.1, 0.15) is 6.42 Å². The number of piperazine rings is 1. The average molecular weight is 475 g/mol. The van der Waals surface area contributed by atoms with E-state index in [9.17, 15) is 14.0 Å². The molecular weight excluding hydrogens is 443 g/mol. The van der Waals surface area contributed by atoms with Gasteiger partial charge >= 0.3 is 0 Å². The lowest BCUT2D eigenvalue weighted by Crippen LogP contribution is -2.49. The molecule has 184 valence electrons. The summed E-state index contributed by atoms with van der Waals surface area (Å²) < 4.78 is 28.9. The van der Waals surface area contributed by atoms with Gasteiger partial charge < -0.3 is 29.7 Å². The van der Waals surface area contributed by atoms with Crippen molar-refractivity contribution in [3.63, 3.8) is 0 Å². The summed E-state index contributed by atoms with van der Waals surface area (Å²) in [5.41, 5.74) is 1.14. The van der Waals surface area contributed by atoms with Crippen LogP contribution in [0.25, 0.3) is 0 Å². The standard InChI is InChI=1S/C24H31FN4O5/c1-32-20-14-19(15-21(33-2)24(20)34-3)27-22(30)8-9-28-10-12-29(13-11-28)16-23(31)26-18-6-4-17(25)5-7-18/h4-7,14-15H,8-13,16H2,1-3H3,(H,26,31)(H,27,30). The molecule has 0 aliphatic carbocycles. The van der Waals surface area contributed by atoms with Crippen LogP contribution in [-0.4, -0.2) is 82.2 Å². The fourth-order valence-corrected chi connectivity index (χ4v) is 3.74. The number of ether oxygens (including phenoxy) is 3. The molecule has 2 aromatic carbocycles. The van der Waals surface area contributed by atoms with Crippen molar-refractivity contribution in [2.24, 2.45) is 0 Å². The molecule has 0 saturated carbocycles. The van der Waals surface area contributed by atoms with E-state index in [-0.39, 0.29) is 24.2 Å². The van der Waals surface area contributed by atoms with E-state index in [1.54, 1.807) is 12.1 Å². The van der Waals surface area contributed by atoms with Gasteiger partial charge in [0.25, 0.3) is 0 Å². The number of hydrogen-bond acceptors (Lipinski definition) is 7. The molecule has 2 amide bonds. The van der Waals surface area contributed by atoms with E-state index in [1.807, 2.05) is 0 Å². The lowest BCUT2D eigenvalue weighted by molar-refractivity contribution is -0.117. The third-order valence-electron chi connectivity index (χ3n) is 5.56. The summed E-state index contributed by atoms with van der Waals surface area (Å²) in [4.78, 5) is 29.0. The summed E-state index contributed by atoms with van der Waals surface area (Å²) in [5, 5.41) is 5.65. The lowest BCUT2D eigenvalue weighted by Gasteiger charge is -2.34. The zero-order valence-corrected chi connectivity index (χ0v) is 19.7. The number of carbonyl (C=O) groups excluding carboxylic acids is 2. The Morgan fingerprint density at radius 3 is 1.94 bits per heavy atom. The second-order valence-corrected chi connectivity index (χ2v) is 7.89. The van der Waals surface area contributed by atoms with E-state index >= 15 is 0 Å². The molecule has 9 nitrogen and oxygen atoms in total. The van der Waals surface area contributed by atoms with Crippen LogP contribution >= 0.6 is 0 Å². The first kappa shape index (κ1) is 25.3. The van der Waals surface area contributed by atoms with Gasteiger partial charge in [-0.2, -0.15) is 0 Å². The minimum atomic E-state index is -0.341. The Morgan fingerprint density at radius 1 is 0.824 bits per heavy atom. The number of rotatable bonds is 10. The van der Waals surface area contributed by atoms with Crippen LogP contribution in [-0.2, 0) is 9.59 Å². The number of amides is 2. The lowest BCUT2D eigenvalue weighted by atomic mass is 10.2. The zero-order chi connectivity index (χ0) is 24.5. The van der Waals surface area contributed by atoms with E-state index in [0.717, 1.165) is 26.2 Å². The number of nitrogens with one attached hydrogen (secondary N) is 2. The number of carbonyl (C=O) groups is 2. The number of nitrogens with zero attached hydrogens (tertiary/aromatic N) is 2. The summed E-state index contributed by atoms with van der Waals surface area (Å²) in [5.74, 6) is 0.812. The number of methoxy groups -OCH3 is 3. The van der Waals surface area contributed by atoms with Crippen molar-refractivity contribution in [3.8, 4) is 17.2 Å². The molecule has 1 saturated heterocycles. The van der Waals surface area contributed by atoms with Crippen LogP contribution in [0.5, 0.6) is 17.2 Å². The van der Waals surface area contributed by atoms with Crippen molar-refractivity contribution >= 4 is 23.2 Å². The molecular formula is C24H31FN4O5. The molecule has 0 bridgehead atoms. The normalized spacial score (nSPS) is 14.4. The minimum absolute atomic E-state index is 0.115. The first-order valence-corrected chi connectivity index (χ1v) is 11.0. The second kappa shape index (κ2) is 12.2. The Bertz CT molecular complexity index is 953. The maximum absolute atomic E-state index is 13.0. The minimum Gasteiger partial charge on any atom is -0.493 e. The molecule has 1 heterocycles. The topological polar surface area (TPSA) is 92.4 Å². The van der Waals surface area contributed by atoms with Crippen molar-refractivity contribution in [3.05, 3.63) is 42.2 Å². The molecule has 1 fully saturated rings. The first-order valence-electron chi connectivity index (χ1n) is 11.0. The smallest absolute Gasteiger partial charge is 0.238 e. The van der Waals surface area contributed by atoms with Gasteiger partial charge in [-0.3, -0.25) is 14.5 Å². The quantitative estimate of drug-likeness (QED) is 0.547. The molecule has 3 rings (SSSR count). The Labute approximate surface area is 198 Å². The Kier molecular flexibility index (Phi) is 9.06. The fraction of sp³-hybridized carbons (Fsp3) is 0.417. The summed E-state index contributed by atoms with van der Waals surface area (Å²) in [6.07, 6.45) is 0.335. The molecule has 0 atom stereocenters. The molecule has 2 N–H and O–H groups in total. The highest BCUT2D eigenvalue weighted by Crippen LogP contribution is 2.39. The molecule has 0 radical (unpaired) electrons. The SMILES string of the molecule is COc1cc(NC(=O)CCN2CCN(CC(=O)Nc3ccc(F)cc3)CC2)cc(OC)c1OC. The van der Waals surface area contributed by atoms with E-state index in [1.165, 1.54) is 45.6 Å². The molecule has 0 spiro atoms. The number of anilines is 2. The number of halogens is 1. The number of benzene rings is 2. The highest BCUT2D eigenvalue weighted by Gasteiger charge is 2.20. The second-order valence-electron chi connectivity index (χ2n) is 7.89. The molecule has 0 aromatic heterocycles. The summed E-state index contributed by atoms with van der Waals surface area (Å²) >= 11 is 0. The Balaban J connectivity index is 1.40. The monoisotopic (exact) mass is 474 g/mol. The van der Waals surface area contributed by atoms with Gasteiger partial charge in [0, 0.05) is 62.7 Å². The van der Waals surface area contributed by atoms with Crippen molar-refractivity contribution in [1.29, 1.82) is 0 Å². The van der Waals surface area contributed by atoms with Gasteiger partial charge in [-0.05, 0) is 24.3 Å². The molecule has 34 heavy (non-hydrogen) atoms. The maximum atomic E-state index is 13.0. The van der Waals surface area contributed by atoms with Crippen LogP contribution in [0.3, 0.4) is 0 Å². The van der Waals surface area contributed by atoms with Crippen LogP contribution in [0.2, 0.25) is 0 Å². The van der Waals surface area contributed by atoms with E-state index in [4.69, 9.17) is 14.2 Å². The molecule has 1 aliphatic rings. The van der Waals surface area contributed by atoms with E-state index < -0.39 is 0 Å². The first-order chi connectivity index (χ1) is 16.4. The average Bonchev–Trinajstić information content (AvgIpc) is 2.84. The van der Waals surface area contributed by atoms with Gasteiger partial charge in [0.2, 0.25) is 17.6 Å². The fourth-order valence-electron chi connectivity index (χ4n) is 3.74. The van der Waals surface area contributed by atoms with Gasteiger partial charge in [-0.25, -0.2) is 4.39 Å². The van der Waals surface area contributed by atoms with Crippen LogP contribution in [0.4, 0.5) is 15.8 Å². The predicted molar refractivity (Wildman–Crippen MR) is 127 cm³/mol. The third kappa shape index (κ3) is 7.06. The van der Waals surface area contributed by atoms with Crippen molar-refractivity contribution in [2.75, 3.05) is 71.2 Å². The van der Waals surface area contributed by atoms with Crippen molar-refractivity contribution in [2.45, 2.75) is 6.42 Å². The largest absolute Gasteiger partial charge is 0.493 e. The Hall–Kier alpha value is -3.37. The van der Waals surface area contributed by atoms with Gasteiger partial charge in [0.15, 0.2) is 11.5 Å². The van der Waals surface area contributed by atoms with Gasteiger partial charge in [0.05, 0.1) is 27.9 Å². The molecule has 0 unspecified atom stereocenters.